The van der Waals surface area contributed by atoms with Crippen LogP contribution >= 0.6 is 0 Å². The summed E-state index contributed by atoms with van der Waals surface area (Å²) in [5.74, 6) is 0.796. The monoisotopic (exact) mass is 246 g/mol. The highest BCUT2D eigenvalue weighted by molar-refractivity contribution is 5.69. The fourth-order valence-electron chi connectivity index (χ4n) is 2.03. The Morgan fingerprint density at radius 3 is 1.63 bits per heavy atom. The Bertz CT molecular complexity index is 656. The lowest BCUT2D eigenvalue weighted by molar-refractivity contribution is 1.06. The average molecular weight is 246 g/mol. The molecule has 1 aromatic heterocycles. The average Bonchev–Trinajstić information content (AvgIpc) is 2.49. The van der Waals surface area contributed by atoms with E-state index < -0.39 is 0 Å². The standard InChI is InChI=1S/C17H14N2/c1-13-18-11-17(12-19-13)16-9-7-15(8-10-16)14-5-3-2-4-6-14/h2-12H,1H3. The largest absolute Gasteiger partial charge is 0.241 e. The molecule has 0 radical (unpaired) electrons. The smallest absolute Gasteiger partial charge is 0.125 e. The van der Waals surface area contributed by atoms with Crippen molar-refractivity contribution in [2.24, 2.45) is 0 Å². The molecule has 0 aliphatic rings. The number of benzene rings is 2. The molecule has 2 heteroatoms. The lowest BCUT2D eigenvalue weighted by atomic mass is 10.0. The van der Waals surface area contributed by atoms with E-state index in [9.17, 15) is 0 Å². The highest BCUT2D eigenvalue weighted by Gasteiger charge is 2.00. The highest BCUT2D eigenvalue weighted by Crippen LogP contribution is 2.23. The molecule has 0 amide bonds. The van der Waals surface area contributed by atoms with Crippen LogP contribution in [0.2, 0.25) is 0 Å². The predicted molar refractivity (Wildman–Crippen MR) is 77.6 cm³/mol. The van der Waals surface area contributed by atoms with Crippen LogP contribution in [0.25, 0.3) is 22.3 Å². The first kappa shape index (κ1) is 11.6. The first-order chi connectivity index (χ1) is 9.33. The van der Waals surface area contributed by atoms with Gasteiger partial charge in [-0.25, -0.2) is 9.97 Å². The van der Waals surface area contributed by atoms with Gasteiger partial charge in [-0.05, 0) is 23.6 Å². The molecule has 2 nitrogen and oxygen atoms in total. The topological polar surface area (TPSA) is 25.8 Å². The van der Waals surface area contributed by atoms with Gasteiger partial charge in [0.1, 0.15) is 5.82 Å². The maximum atomic E-state index is 4.22. The lowest BCUT2D eigenvalue weighted by Gasteiger charge is -2.04. The fourth-order valence-corrected chi connectivity index (χ4v) is 2.03. The van der Waals surface area contributed by atoms with Crippen molar-refractivity contribution in [3.05, 3.63) is 72.8 Å². The number of hydrogen-bond acceptors (Lipinski definition) is 2. The molecular formula is C17H14N2. The lowest BCUT2D eigenvalue weighted by Crippen LogP contribution is -1.87. The molecule has 3 aromatic rings. The molecule has 0 saturated carbocycles. The molecule has 3 rings (SSSR count). The van der Waals surface area contributed by atoms with Crippen molar-refractivity contribution in [3.8, 4) is 22.3 Å². The Hall–Kier alpha value is -2.48. The Balaban J connectivity index is 1.93. The zero-order valence-electron chi connectivity index (χ0n) is 10.7. The number of nitrogens with zero attached hydrogens (tertiary/aromatic N) is 2. The van der Waals surface area contributed by atoms with Crippen LogP contribution in [0.3, 0.4) is 0 Å². The first-order valence-electron chi connectivity index (χ1n) is 6.27. The van der Waals surface area contributed by atoms with E-state index in [2.05, 4.69) is 58.5 Å². The molecule has 0 saturated heterocycles. The van der Waals surface area contributed by atoms with Gasteiger partial charge in [0.2, 0.25) is 0 Å². The molecule has 2 aromatic carbocycles. The Morgan fingerprint density at radius 1 is 0.579 bits per heavy atom. The normalized spacial score (nSPS) is 10.4. The van der Waals surface area contributed by atoms with Crippen molar-refractivity contribution in [1.82, 2.24) is 9.97 Å². The van der Waals surface area contributed by atoms with Crippen molar-refractivity contribution in [1.29, 1.82) is 0 Å². The molecule has 0 fully saturated rings. The van der Waals surface area contributed by atoms with E-state index in [1.807, 2.05) is 25.4 Å². The second-order valence-corrected chi connectivity index (χ2v) is 4.46. The van der Waals surface area contributed by atoms with Crippen LogP contribution in [-0.2, 0) is 0 Å². The molecule has 0 bridgehead atoms. The summed E-state index contributed by atoms with van der Waals surface area (Å²) in [5, 5.41) is 0. The van der Waals surface area contributed by atoms with Crippen LogP contribution in [0, 0.1) is 6.92 Å². The summed E-state index contributed by atoms with van der Waals surface area (Å²) in [7, 11) is 0. The summed E-state index contributed by atoms with van der Waals surface area (Å²) in [6.45, 7) is 1.89. The van der Waals surface area contributed by atoms with Gasteiger partial charge in [-0.15, -0.1) is 0 Å². The summed E-state index contributed by atoms with van der Waals surface area (Å²) in [6, 6.07) is 18.8. The molecule has 0 atom stereocenters. The van der Waals surface area contributed by atoms with Gasteiger partial charge in [0.15, 0.2) is 0 Å². The van der Waals surface area contributed by atoms with Gasteiger partial charge < -0.3 is 0 Å². The number of aryl methyl sites for hydroxylation is 1. The van der Waals surface area contributed by atoms with Crippen LogP contribution < -0.4 is 0 Å². The molecule has 92 valence electrons. The third kappa shape index (κ3) is 2.52. The molecule has 0 N–H and O–H groups in total. The summed E-state index contributed by atoms with van der Waals surface area (Å²) >= 11 is 0. The van der Waals surface area contributed by atoms with Crippen LogP contribution in [-0.4, -0.2) is 9.97 Å². The second kappa shape index (κ2) is 5.02. The zero-order valence-corrected chi connectivity index (χ0v) is 10.7. The summed E-state index contributed by atoms with van der Waals surface area (Å²) in [6.07, 6.45) is 3.72. The van der Waals surface area contributed by atoms with E-state index in [0.717, 1.165) is 17.0 Å². The number of rotatable bonds is 2. The molecule has 1 heterocycles. The van der Waals surface area contributed by atoms with E-state index in [4.69, 9.17) is 0 Å². The Labute approximate surface area is 112 Å². The van der Waals surface area contributed by atoms with Crippen molar-refractivity contribution in [2.45, 2.75) is 6.92 Å². The van der Waals surface area contributed by atoms with E-state index in [1.165, 1.54) is 11.1 Å². The summed E-state index contributed by atoms with van der Waals surface area (Å²) < 4.78 is 0. The zero-order chi connectivity index (χ0) is 13.1. The van der Waals surface area contributed by atoms with Crippen LogP contribution in [0.15, 0.2) is 67.0 Å². The minimum atomic E-state index is 0.796. The first-order valence-corrected chi connectivity index (χ1v) is 6.27. The van der Waals surface area contributed by atoms with Crippen molar-refractivity contribution >= 4 is 0 Å². The Morgan fingerprint density at radius 2 is 1.05 bits per heavy atom. The number of aromatic nitrogens is 2. The minimum absolute atomic E-state index is 0.796. The molecular weight excluding hydrogens is 232 g/mol. The van der Waals surface area contributed by atoms with Crippen molar-refractivity contribution in [2.75, 3.05) is 0 Å². The van der Waals surface area contributed by atoms with Gasteiger partial charge in [-0.2, -0.15) is 0 Å². The van der Waals surface area contributed by atoms with Crippen molar-refractivity contribution in [3.63, 3.8) is 0 Å². The Kier molecular flexibility index (Phi) is 3.07. The van der Waals surface area contributed by atoms with Crippen LogP contribution in [0.1, 0.15) is 5.82 Å². The van der Waals surface area contributed by atoms with Crippen LogP contribution in [0.4, 0.5) is 0 Å². The molecule has 0 unspecified atom stereocenters. The minimum Gasteiger partial charge on any atom is -0.241 e. The van der Waals surface area contributed by atoms with E-state index in [1.54, 1.807) is 0 Å². The van der Waals surface area contributed by atoms with Gasteiger partial charge in [0, 0.05) is 18.0 Å². The van der Waals surface area contributed by atoms with Gasteiger partial charge in [-0.1, -0.05) is 54.6 Å². The number of hydrogen-bond donors (Lipinski definition) is 0. The van der Waals surface area contributed by atoms with E-state index in [0.29, 0.717) is 0 Å². The molecule has 0 aliphatic heterocycles. The summed E-state index contributed by atoms with van der Waals surface area (Å²) in [5.41, 5.74) is 4.64. The third-order valence-electron chi connectivity index (χ3n) is 3.11. The maximum Gasteiger partial charge on any atom is 0.125 e. The maximum absolute atomic E-state index is 4.22. The molecule has 0 aliphatic carbocycles. The van der Waals surface area contributed by atoms with Gasteiger partial charge in [-0.3, -0.25) is 0 Å². The summed E-state index contributed by atoms with van der Waals surface area (Å²) in [4.78, 5) is 8.45. The second-order valence-electron chi connectivity index (χ2n) is 4.46. The van der Waals surface area contributed by atoms with Crippen molar-refractivity contribution < 1.29 is 0 Å². The van der Waals surface area contributed by atoms with E-state index >= 15 is 0 Å². The molecule has 0 spiro atoms. The SMILES string of the molecule is Cc1ncc(-c2ccc(-c3ccccc3)cc2)cn1. The van der Waals surface area contributed by atoms with Gasteiger partial charge >= 0.3 is 0 Å². The third-order valence-corrected chi connectivity index (χ3v) is 3.11. The van der Waals surface area contributed by atoms with Gasteiger partial charge in [0.05, 0.1) is 0 Å². The van der Waals surface area contributed by atoms with Gasteiger partial charge in [0.25, 0.3) is 0 Å². The predicted octanol–water partition coefficient (Wildman–Crippen LogP) is 4.12. The quantitative estimate of drug-likeness (QED) is 0.679. The fraction of sp³-hybridized carbons (Fsp3) is 0.0588. The highest BCUT2D eigenvalue weighted by atomic mass is 14.8. The van der Waals surface area contributed by atoms with E-state index in [-0.39, 0.29) is 0 Å². The molecule has 19 heavy (non-hydrogen) atoms. The van der Waals surface area contributed by atoms with Crippen LogP contribution in [0.5, 0.6) is 0 Å².